The second kappa shape index (κ2) is 3.54. The van der Waals surface area contributed by atoms with E-state index in [2.05, 4.69) is 24.0 Å². The van der Waals surface area contributed by atoms with Gasteiger partial charge in [0.2, 0.25) is 0 Å². The van der Waals surface area contributed by atoms with Crippen molar-refractivity contribution in [3.8, 4) is 0 Å². The van der Waals surface area contributed by atoms with Gasteiger partial charge in [-0.1, -0.05) is 30.3 Å². The maximum atomic E-state index is 4.03. The maximum absolute atomic E-state index is 4.03. The Balaban J connectivity index is 2.77. The van der Waals surface area contributed by atoms with Crippen LogP contribution in [0, 0.1) is 6.92 Å². The van der Waals surface area contributed by atoms with E-state index in [-0.39, 0.29) is 6.04 Å². The summed E-state index contributed by atoms with van der Waals surface area (Å²) >= 11 is 0. The molecule has 1 atom stereocenters. The molecule has 1 nitrogen and oxygen atoms in total. The van der Waals surface area contributed by atoms with Gasteiger partial charge in [0, 0.05) is 6.04 Å². The Bertz CT molecular complexity index is 203. The summed E-state index contributed by atoms with van der Waals surface area (Å²) in [4.78, 5) is 2.09. The molecule has 1 unspecified atom stereocenters. The van der Waals surface area contributed by atoms with Crippen molar-refractivity contribution in [2.45, 2.75) is 6.04 Å². The van der Waals surface area contributed by atoms with E-state index < -0.39 is 0 Å². The van der Waals surface area contributed by atoms with Crippen molar-refractivity contribution in [3.05, 3.63) is 42.8 Å². The van der Waals surface area contributed by atoms with Gasteiger partial charge in [-0.15, -0.1) is 0 Å². The third-order valence-electron chi connectivity index (χ3n) is 1.81. The van der Waals surface area contributed by atoms with Crippen LogP contribution in [0.3, 0.4) is 0 Å². The summed E-state index contributed by atoms with van der Waals surface area (Å²) in [5, 5.41) is 0. The maximum Gasteiger partial charge on any atom is 0.0342 e. The first-order chi connectivity index (χ1) is 5.22. The fourth-order valence-electron chi connectivity index (χ4n) is 0.973. The second-order valence-electron chi connectivity index (χ2n) is 2.89. The highest BCUT2D eigenvalue weighted by atomic mass is 15.1. The Morgan fingerprint density at radius 3 is 2.18 bits per heavy atom. The van der Waals surface area contributed by atoms with E-state index in [0.717, 1.165) is 0 Å². The minimum absolute atomic E-state index is 0.260. The highest BCUT2D eigenvalue weighted by Gasteiger charge is 2.05. The van der Waals surface area contributed by atoms with Crippen LogP contribution < -0.4 is 0 Å². The lowest BCUT2D eigenvalue weighted by atomic mass is 10.1. The lowest BCUT2D eigenvalue weighted by Crippen LogP contribution is -2.16. The number of benzene rings is 1. The average Bonchev–Trinajstić information content (AvgIpc) is 2.05. The van der Waals surface area contributed by atoms with E-state index >= 15 is 0 Å². The summed E-state index contributed by atoms with van der Waals surface area (Å²) in [7, 11) is 4.06. The van der Waals surface area contributed by atoms with Crippen LogP contribution in [0.25, 0.3) is 0 Å². The topological polar surface area (TPSA) is 3.24 Å². The first-order valence-electron chi connectivity index (χ1n) is 3.76. The van der Waals surface area contributed by atoms with Gasteiger partial charge >= 0.3 is 0 Å². The van der Waals surface area contributed by atoms with Crippen LogP contribution in [0.5, 0.6) is 0 Å². The van der Waals surface area contributed by atoms with Gasteiger partial charge in [-0.2, -0.15) is 0 Å². The van der Waals surface area contributed by atoms with Gasteiger partial charge < -0.3 is 4.90 Å². The zero-order valence-electron chi connectivity index (χ0n) is 7.12. The highest BCUT2D eigenvalue weighted by molar-refractivity contribution is 5.19. The number of nitrogens with zero attached hydrogens (tertiary/aromatic N) is 1. The third-order valence-corrected chi connectivity index (χ3v) is 1.81. The quantitative estimate of drug-likeness (QED) is 0.621. The summed E-state index contributed by atoms with van der Waals surface area (Å²) in [5.74, 6) is 0. The molecule has 0 saturated heterocycles. The Morgan fingerprint density at radius 1 is 1.18 bits per heavy atom. The van der Waals surface area contributed by atoms with Crippen LogP contribution in [0.15, 0.2) is 30.3 Å². The van der Waals surface area contributed by atoms with Crippen LogP contribution in [0.1, 0.15) is 11.6 Å². The van der Waals surface area contributed by atoms with Crippen LogP contribution in [0.4, 0.5) is 0 Å². The van der Waals surface area contributed by atoms with Gasteiger partial charge in [-0.05, 0) is 26.6 Å². The molecule has 1 aromatic rings. The van der Waals surface area contributed by atoms with Crippen LogP contribution in [0.2, 0.25) is 0 Å². The van der Waals surface area contributed by atoms with Crippen LogP contribution in [-0.4, -0.2) is 19.0 Å². The van der Waals surface area contributed by atoms with Gasteiger partial charge in [0.05, 0.1) is 0 Å². The van der Waals surface area contributed by atoms with Crippen LogP contribution >= 0.6 is 0 Å². The molecule has 0 aliphatic heterocycles. The monoisotopic (exact) mass is 148 g/mol. The Kier molecular flexibility index (Phi) is 2.66. The standard InChI is InChI=1S/C10H14N/c1-9(11(2)3)10-7-5-4-6-8-10/h4-9H,1H2,2-3H3. The molecular formula is C10H14N. The minimum atomic E-state index is 0.260. The summed E-state index contributed by atoms with van der Waals surface area (Å²) in [5.41, 5.74) is 1.26. The Morgan fingerprint density at radius 2 is 1.73 bits per heavy atom. The summed E-state index contributed by atoms with van der Waals surface area (Å²) in [6.07, 6.45) is 0. The van der Waals surface area contributed by atoms with Crippen LogP contribution in [-0.2, 0) is 0 Å². The first kappa shape index (κ1) is 8.28. The third kappa shape index (κ3) is 2.05. The van der Waals surface area contributed by atoms with Crippen molar-refractivity contribution in [2.75, 3.05) is 14.1 Å². The van der Waals surface area contributed by atoms with Crippen molar-refractivity contribution in [1.29, 1.82) is 0 Å². The van der Waals surface area contributed by atoms with Gasteiger partial charge in [0.25, 0.3) is 0 Å². The van der Waals surface area contributed by atoms with Gasteiger partial charge in [0.15, 0.2) is 0 Å². The lowest BCUT2D eigenvalue weighted by Gasteiger charge is -2.19. The summed E-state index contributed by atoms with van der Waals surface area (Å²) in [6.45, 7) is 4.03. The molecular weight excluding hydrogens is 134 g/mol. The van der Waals surface area contributed by atoms with E-state index in [9.17, 15) is 0 Å². The highest BCUT2D eigenvalue weighted by Crippen LogP contribution is 2.15. The van der Waals surface area contributed by atoms with Crippen molar-refractivity contribution >= 4 is 0 Å². The van der Waals surface area contributed by atoms with E-state index in [1.54, 1.807) is 0 Å². The summed E-state index contributed by atoms with van der Waals surface area (Å²) in [6, 6.07) is 10.5. The smallest absolute Gasteiger partial charge is 0.0342 e. The average molecular weight is 148 g/mol. The van der Waals surface area contributed by atoms with Crippen molar-refractivity contribution < 1.29 is 0 Å². The van der Waals surface area contributed by atoms with E-state index in [1.165, 1.54) is 5.56 Å². The van der Waals surface area contributed by atoms with Gasteiger partial charge in [0.1, 0.15) is 0 Å². The van der Waals surface area contributed by atoms with E-state index in [4.69, 9.17) is 0 Å². The minimum Gasteiger partial charge on any atom is -0.302 e. The molecule has 0 bridgehead atoms. The van der Waals surface area contributed by atoms with Crippen molar-refractivity contribution in [2.24, 2.45) is 0 Å². The zero-order chi connectivity index (χ0) is 8.27. The normalized spacial score (nSPS) is 13.5. The molecule has 11 heavy (non-hydrogen) atoms. The molecule has 0 fully saturated rings. The molecule has 1 rings (SSSR count). The molecule has 1 heteroatoms. The predicted molar refractivity (Wildman–Crippen MR) is 48.2 cm³/mol. The molecule has 1 radical (unpaired) electrons. The van der Waals surface area contributed by atoms with Gasteiger partial charge in [-0.3, -0.25) is 0 Å². The molecule has 0 amide bonds. The molecule has 0 saturated carbocycles. The SMILES string of the molecule is [CH2]C(c1ccccc1)N(C)C. The first-order valence-corrected chi connectivity index (χ1v) is 3.76. The number of hydrogen-bond donors (Lipinski definition) is 0. The molecule has 0 aliphatic rings. The molecule has 0 N–H and O–H groups in total. The van der Waals surface area contributed by atoms with Crippen molar-refractivity contribution in [1.82, 2.24) is 4.90 Å². The number of hydrogen-bond acceptors (Lipinski definition) is 1. The molecule has 0 aliphatic carbocycles. The zero-order valence-corrected chi connectivity index (χ0v) is 7.12. The van der Waals surface area contributed by atoms with E-state index in [0.29, 0.717) is 0 Å². The van der Waals surface area contributed by atoms with Crippen molar-refractivity contribution in [3.63, 3.8) is 0 Å². The predicted octanol–water partition coefficient (Wildman–Crippen LogP) is 2.12. The van der Waals surface area contributed by atoms with E-state index in [1.807, 2.05) is 32.3 Å². The Hall–Kier alpha value is -0.820. The largest absolute Gasteiger partial charge is 0.302 e. The fraction of sp³-hybridized carbons (Fsp3) is 0.300. The Labute approximate surface area is 68.7 Å². The molecule has 0 heterocycles. The molecule has 0 spiro atoms. The lowest BCUT2D eigenvalue weighted by molar-refractivity contribution is 0.349. The second-order valence-corrected chi connectivity index (χ2v) is 2.89. The van der Waals surface area contributed by atoms with Gasteiger partial charge in [-0.25, -0.2) is 0 Å². The summed E-state index contributed by atoms with van der Waals surface area (Å²) < 4.78 is 0. The molecule has 0 aromatic heterocycles. The molecule has 1 aromatic carbocycles. The number of rotatable bonds is 2. The molecule has 59 valence electrons. The fourth-order valence-corrected chi connectivity index (χ4v) is 0.973.